The molecule has 4 heteroatoms. The third-order valence-electron chi connectivity index (χ3n) is 4.00. The first kappa shape index (κ1) is 14.4. The highest BCUT2D eigenvalue weighted by Crippen LogP contribution is 2.37. The molecule has 1 aliphatic heterocycles. The van der Waals surface area contributed by atoms with Crippen LogP contribution in [-0.4, -0.2) is 27.6 Å². The van der Waals surface area contributed by atoms with Crippen LogP contribution in [0.4, 0.5) is 0 Å². The Morgan fingerprint density at radius 1 is 1.21 bits per heavy atom. The minimum Gasteiger partial charge on any atom is -0.486 e. The van der Waals surface area contributed by atoms with Gasteiger partial charge >= 0.3 is 0 Å². The minimum absolute atomic E-state index is 0.0102. The molecule has 106 valence electrons. The fourth-order valence-corrected chi connectivity index (χ4v) is 2.70. The van der Waals surface area contributed by atoms with E-state index in [-0.39, 0.29) is 11.1 Å². The van der Waals surface area contributed by atoms with Gasteiger partial charge in [-0.3, -0.25) is 0 Å². The number of fused-ring (bicyclic) bond motifs is 1. The Labute approximate surface area is 117 Å². The zero-order valence-corrected chi connectivity index (χ0v) is 13.5. The molecule has 0 radical (unpaired) electrons. The van der Waals surface area contributed by atoms with E-state index in [0.29, 0.717) is 13.2 Å². The smallest absolute Gasteiger partial charge is 0.192 e. The van der Waals surface area contributed by atoms with Crippen LogP contribution in [0.1, 0.15) is 20.8 Å². The third-order valence-corrected chi connectivity index (χ3v) is 8.50. The van der Waals surface area contributed by atoms with E-state index in [2.05, 4.69) is 33.9 Å². The van der Waals surface area contributed by atoms with Crippen molar-refractivity contribution in [2.45, 2.75) is 45.0 Å². The van der Waals surface area contributed by atoms with Gasteiger partial charge < -0.3 is 13.9 Å². The molecule has 1 aromatic rings. The molecule has 0 unspecified atom stereocenters. The van der Waals surface area contributed by atoms with Crippen molar-refractivity contribution in [2.75, 3.05) is 13.2 Å². The summed E-state index contributed by atoms with van der Waals surface area (Å²) in [5.74, 6) is 1.64. The van der Waals surface area contributed by atoms with E-state index >= 15 is 0 Å². The zero-order chi connectivity index (χ0) is 14.1. The predicted octanol–water partition coefficient (Wildman–Crippen LogP) is 3.85. The maximum Gasteiger partial charge on any atom is 0.192 e. The van der Waals surface area contributed by atoms with Gasteiger partial charge in [-0.2, -0.15) is 0 Å². The van der Waals surface area contributed by atoms with Gasteiger partial charge in [-0.05, 0) is 30.3 Å². The Kier molecular flexibility index (Phi) is 3.92. The van der Waals surface area contributed by atoms with Crippen molar-refractivity contribution in [3.63, 3.8) is 0 Å². The molecule has 0 aliphatic carbocycles. The van der Waals surface area contributed by atoms with Crippen molar-refractivity contribution in [3.05, 3.63) is 24.3 Å². The van der Waals surface area contributed by atoms with Crippen LogP contribution in [0.2, 0.25) is 18.1 Å². The molecule has 3 nitrogen and oxygen atoms in total. The molecule has 0 saturated heterocycles. The molecule has 1 aromatic carbocycles. The van der Waals surface area contributed by atoms with Gasteiger partial charge in [0.15, 0.2) is 25.9 Å². The van der Waals surface area contributed by atoms with Gasteiger partial charge in [0.1, 0.15) is 6.61 Å². The largest absolute Gasteiger partial charge is 0.486 e. The average Bonchev–Trinajstić information content (AvgIpc) is 2.35. The van der Waals surface area contributed by atoms with Crippen molar-refractivity contribution in [2.24, 2.45) is 0 Å². The highest BCUT2D eigenvalue weighted by molar-refractivity contribution is 6.74. The van der Waals surface area contributed by atoms with Crippen LogP contribution < -0.4 is 9.47 Å². The molecule has 0 amide bonds. The van der Waals surface area contributed by atoms with Crippen LogP contribution in [0.25, 0.3) is 0 Å². The van der Waals surface area contributed by atoms with Crippen molar-refractivity contribution in [3.8, 4) is 11.5 Å². The van der Waals surface area contributed by atoms with Gasteiger partial charge in [0, 0.05) is 0 Å². The van der Waals surface area contributed by atoms with Crippen LogP contribution in [0.15, 0.2) is 24.3 Å². The maximum absolute atomic E-state index is 6.18. The Hall–Kier alpha value is -1.00. The minimum atomic E-state index is -1.72. The quantitative estimate of drug-likeness (QED) is 0.787. The second kappa shape index (κ2) is 5.17. The number of benzene rings is 1. The van der Waals surface area contributed by atoms with E-state index in [1.54, 1.807) is 0 Å². The first-order valence-corrected chi connectivity index (χ1v) is 9.73. The number of para-hydroxylation sites is 2. The van der Waals surface area contributed by atoms with Gasteiger partial charge in [0.2, 0.25) is 0 Å². The van der Waals surface area contributed by atoms with Crippen LogP contribution in [-0.2, 0) is 4.43 Å². The summed E-state index contributed by atoms with van der Waals surface area (Å²) in [6.45, 7) is 12.4. The lowest BCUT2D eigenvalue weighted by atomic mass is 10.2. The average molecular weight is 280 g/mol. The molecular formula is C15H24O3Si. The summed E-state index contributed by atoms with van der Waals surface area (Å²) in [7, 11) is -1.72. The van der Waals surface area contributed by atoms with Gasteiger partial charge in [-0.1, -0.05) is 32.9 Å². The summed E-state index contributed by atoms with van der Waals surface area (Å²) in [6.07, 6.45) is -0.0102. The standard InChI is InChI=1S/C15H24O3Si/c1-15(2,3)19(4,5)17-11-12-10-16-13-8-6-7-9-14(13)18-12/h6-9,12H,10-11H2,1-5H3/t12-/m1/s1. The molecular weight excluding hydrogens is 256 g/mol. The monoisotopic (exact) mass is 280 g/mol. The lowest BCUT2D eigenvalue weighted by molar-refractivity contribution is 0.0492. The Morgan fingerprint density at radius 3 is 2.47 bits per heavy atom. The zero-order valence-electron chi connectivity index (χ0n) is 12.5. The summed E-state index contributed by atoms with van der Waals surface area (Å²) >= 11 is 0. The summed E-state index contributed by atoms with van der Waals surface area (Å²) in [4.78, 5) is 0. The van der Waals surface area contributed by atoms with Gasteiger partial charge in [-0.15, -0.1) is 0 Å². The summed E-state index contributed by atoms with van der Waals surface area (Å²) < 4.78 is 17.8. The normalized spacial score (nSPS) is 19.3. The van der Waals surface area contributed by atoms with Gasteiger partial charge in [0.25, 0.3) is 0 Å². The molecule has 19 heavy (non-hydrogen) atoms. The van der Waals surface area contributed by atoms with Gasteiger partial charge in [-0.25, -0.2) is 0 Å². The number of rotatable bonds is 3. The molecule has 2 rings (SSSR count). The van der Waals surface area contributed by atoms with E-state index in [9.17, 15) is 0 Å². The Bertz CT molecular complexity index is 437. The molecule has 1 heterocycles. The highest BCUT2D eigenvalue weighted by atomic mass is 28.4. The second-order valence-corrected chi connectivity index (χ2v) is 11.4. The predicted molar refractivity (Wildman–Crippen MR) is 79.5 cm³/mol. The van der Waals surface area contributed by atoms with E-state index < -0.39 is 8.32 Å². The lowest BCUT2D eigenvalue weighted by Crippen LogP contribution is -2.45. The van der Waals surface area contributed by atoms with E-state index in [1.165, 1.54) is 0 Å². The van der Waals surface area contributed by atoms with Crippen LogP contribution >= 0.6 is 0 Å². The summed E-state index contributed by atoms with van der Waals surface area (Å²) in [6, 6.07) is 7.78. The topological polar surface area (TPSA) is 27.7 Å². The highest BCUT2D eigenvalue weighted by Gasteiger charge is 2.38. The SMILES string of the molecule is CC(C)(C)[Si](C)(C)OC[C@H]1COc2ccccc2O1. The van der Waals surface area contributed by atoms with Gasteiger partial charge in [0.05, 0.1) is 6.61 Å². The van der Waals surface area contributed by atoms with Crippen molar-refractivity contribution < 1.29 is 13.9 Å². The Balaban J connectivity index is 1.93. The third kappa shape index (κ3) is 3.31. The molecule has 0 spiro atoms. The molecule has 0 bridgehead atoms. The molecule has 0 aromatic heterocycles. The van der Waals surface area contributed by atoms with Crippen LogP contribution in [0.5, 0.6) is 11.5 Å². The van der Waals surface area contributed by atoms with E-state index in [4.69, 9.17) is 13.9 Å². The summed E-state index contributed by atoms with van der Waals surface area (Å²) in [5, 5.41) is 0.223. The fourth-order valence-electron chi connectivity index (χ4n) is 1.66. The van der Waals surface area contributed by atoms with Crippen molar-refractivity contribution in [1.82, 2.24) is 0 Å². The molecule has 0 fully saturated rings. The van der Waals surface area contributed by atoms with Crippen LogP contribution in [0.3, 0.4) is 0 Å². The van der Waals surface area contributed by atoms with E-state index in [0.717, 1.165) is 11.5 Å². The molecule has 0 saturated carbocycles. The van der Waals surface area contributed by atoms with E-state index in [1.807, 2.05) is 24.3 Å². The number of hydrogen-bond donors (Lipinski definition) is 0. The number of ether oxygens (including phenoxy) is 2. The fraction of sp³-hybridized carbons (Fsp3) is 0.600. The summed E-state index contributed by atoms with van der Waals surface area (Å²) in [5.41, 5.74) is 0. The lowest BCUT2D eigenvalue weighted by Gasteiger charge is -2.37. The second-order valence-electron chi connectivity index (χ2n) is 6.57. The van der Waals surface area contributed by atoms with Crippen molar-refractivity contribution in [1.29, 1.82) is 0 Å². The van der Waals surface area contributed by atoms with Crippen LogP contribution in [0, 0.1) is 0 Å². The van der Waals surface area contributed by atoms with Crippen molar-refractivity contribution >= 4 is 8.32 Å². The first-order chi connectivity index (χ1) is 8.79. The first-order valence-electron chi connectivity index (χ1n) is 6.82. The number of hydrogen-bond acceptors (Lipinski definition) is 3. The molecule has 0 N–H and O–H groups in total. The molecule has 1 aliphatic rings. The maximum atomic E-state index is 6.18. The Morgan fingerprint density at radius 2 is 1.84 bits per heavy atom. The molecule has 1 atom stereocenters.